The van der Waals surface area contributed by atoms with Crippen LogP contribution in [0.1, 0.15) is 36.3 Å². The molecule has 0 aliphatic heterocycles. The molecule has 2 rings (SSSR count). The van der Waals surface area contributed by atoms with E-state index in [1.165, 1.54) is 30.5 Å². The van der Waals surface area contributed by atoms with E-state index in [2.05, 4.69) is 37.2 Å². The molecule has 1 aromatic rings. The lowest BCUT2D eigenvalue weighted by Gasteiger charge is -2.30. The molecule has 88 valence electrons. The molecule has 0 saturated carbocycles. The molecule has 16 heavy (non-hydrogen) atoms. The summed E-state index contributed by atoms with van der Waals surface area (Å²) in [5.74, 6) is 0.673. The van der Waals surface area contributed by atoms with E-state index in [1.54, 1.807) is 5.56 Å². The van der Waals surface area contributed by atoms with Crippen molar-refractivity contribution in [1.82, 2.24) is 0 Å². The van der Waals surface area contributed by atoms with Crippen molar-refractivity contribution < 1.29 is 0 Å². The minimum atomic E-state index is 0.673. The molecule has 1 atom stereocenters. The predicted octanol–water partition coefficient (Wildman–Crippen LogP) is 2.52. The lowest BCUT2D eigenvalue weighted by atomic mass is 9.80. The van der Waals surface area contributed by atoms with E-state index in [0.29, 0.717) is 5.92 Å². The highest BCUT2D eigenvalue weighted by Gasteiger charge is 2.22. The number of nitrogens with two attached hydrogens (primary N) is 1. The topological polar surface area (TPSA) is 29.3 Å². The van der Waals surface area contributed by atoms with E-state index < -0.39 is 0 Å². The van der Waals surface area contributed by atoms with Gasteiger partial charge in [0.05, 0.1) is 0 Å². The molecule has 0 bridgehead atoms. The molecule has 2 heteroatoms. The Hall–Kier alpha value is -1.02. The molecule has 2 N–H and O–H groups in total. The molecule has 0 aromatic heterocycles. The molecule has 0 spiro atoms. The van der Waals surface area contributed by atoms with Crippen LogP contribution in [0, 0.1) is 0 Å². The standard InChI is InChI=1S/C14H22N2/c1-16(2)13-8-4-7-11-5-3-6-12(9-10-15)14(11)13/h4,7-8,12H,3,5-6,9-10,15H2,1-2H3. The Bertz CT molecular complexity index is 358. The lowest BCUT2D eigenvalue weighted by Crippen LogP contribution is -2.19. The van der Waals surface area contributed by atoms with Crippen molar-refractivity contribution in [2.24, 2.45) is 5.73 Å². The number of aryl methyl sites for hydroxylation is 1. The monoisotopic (exact) mass is 218 g/mol. The molecule has 2 nitrogen and oxygen atoms in total. The molecule has 0 saturated heterocycles. The van der Waals surface area contributed by atoms with Crippen LogP contribution in [-0.2, 0) is 6.42 Å². The maximum absolute atomic E-state index is 5.73. The number of hydrogen-bond acceptors (Lipinski definition) is 2. The lowest BCUT2D eigenvalue weighted by molar-refractivity contribution is 0.526. The van der Waals surface area contributed by atoms with Gasteiger partial charge < -0.3 is 10.6 Å². The van der Waals surface area contributed by atoms with Gasteiger partial charge in [-0.15, -0.1) is 0 Å². The van der Waals surface area contributed by atoms with Gasteiger partial charge >= 0.3 is 0 Å². The third-order valence-electron chi connectivity index (χ3n) is 3.58. The van der Waals surface area contributed by atoms with E-state index in [-0.39, 0.29) is 0 Å². The van der Waals surface area contributed by atoms with E-state index in [1.807, 2.05) is 0 Å². The second-order valence-corrected chi connectivity index (χ2v) is 4.91. The summed E-state index contributed by atoms with van der Waals surface area (Å²) in [6, 6.07) is 6.69. The summed E-state index contributed by atoms with van der Waals surface area (Å²) in [6.45, 7) is 0.797. The number of rotatable bonds is 3. The van der Waals surface area contributed by atoms with Crippen molar-refractivity contribution >= 4 is 5.69 Å². The number of anilines is 1. The van der Waals surface area contributed by atoms with Crippen molar-refractivity contribution in [2.45, 2.75) is 31.6 Å². The van der Waals surface area contributed by atoms with Crippen LogP contribution < -0.4 is 10.6 Å². The van der Waals surface area contributed by atoms with Gasteiger partial charge in [-0.25, -0.2) is 0 Å². The Kier molecular flexibility index (Phi) is 3.49. The second kappa shape index (κ2) is 4.88. The summed E-state index contributed by atoms with van der Waals surface area (Å²) in [4.78, 5) is 2.23. The van der Waals surface area contributed by atoms with Gasteiger partial charge in [0.25, 0.3) is 0 Å². The summed E-state index contributed by atoms with van der Waals surface area (Å²) < 4.78 is 0. The molecule has 1 aromatic carbocycles. The first-order valence-electron chi connectivity index (χ1n) is 6.23. The van der Waals surface area contributed by atoms with Gasteiger partial charge in [-0.1, -0.05) is 12.1 Å². The van der Waals surface area contributed by atoms with Crippen LogP contribution >= 0.6 is 0 Å². The Labute approximate surface area is 98.4 Å². The van der Waals surface area contributed by atoms with Crippen LogP contribution in [0.4, 0.5) is 5.69 Å². The van der Waals surface area contributed by atoms with Crippen molar-refractivity contribution in [3.63, 3.8) is 0 Å². The largest absolute Gasteiger partial charge is 0.377 e. The van der Waals surface area contributed by atoms with Crippen LogP contribution in [0.15, 0.2) is 18.2 Å². The third-order valence-corrected chi connectivity index (χ3v) is 3.58. The normalized spacial score (nSPS) is 19.3. The van der Waals surface area contributed by atoms with Gasteiger partial charge in [0, 0.05) is 19.8 Å². The van der Waals surface area contributed by atoms with Gasteiger partial charge in [0.15, 0.2) is 0 Å². The molecule has 1 aliphatic carbocycles. The van der Waals surface area contributed by atoms with Gasteiger partial charge in [0.2, 0.25) is 0 Å². The fourth-order valence-corrected chi connectivity index (χ4v) is 2.85. The van der Waals surface area contributed by atoms with E-state index in [0.717, 1.165) is 13.0 Å². The zero-order valence-corrected chi connectivity index (χ0v) is 10.4. The van der Waals surface area contributed by atoms with E-state index in [4.69, 9.17) is 5.73 Å². The first-order valence-corrected chi connectivity index (χ1v) is 6.23. The third kappa shape index (κ3) is 2.07. The Morgan fingerprint density at radius 3 is 2.88 bits per heavy atom. The van der Waals surface area contributed by atoms with Crippen molar-refractivity contribution in [3.8, 4) is 0 Å². The first-order chi connectivity index (χ1) is 7.74. The van der Waals surface area contributed by atoms with E-state index >= 15 is 0 Å². The van der Waals surface area contributed by atoms with Crippen molar-refractivity contribution in [3.05, 3.63) is 29.3 Å². The van der Waals surface area contributed by atoms with Gasteiger partial charge in [-0.3, -0.25) is 0 Å². The SMILES string of the molecule is CN(C)c1cccc2c1C(CCN)CCC2. The average Bonchev–Trinajstić information content (AvgIpc) is 2.29. The molecule has 0 fully saturated rings. The fraction of sp³-hybridized carbons (Fsp3) is 0.571. The molecular weight excluding hydrogens is 196 g/mol. The smallest absolute Gasteiger partial charge is 0.0399 e. The summed E-state index contributed by atoms with van der Waals surface area (Å²) in [5, 5.41) is 0. The van der Waals surface area contributed by atoms with Crippen LogP contribution in [0.5, 0.6) is 0 Å². The van der Waals surface area contributed by atoms with E-state index in [9.17, 15) is 0 Å². The van der Waals surface area contributed by atoms with Crippen LogP contribution in [0.2, 0.25) is 0 Å². The van der Waals surface area contributed by atoms with Crippen molar-refractivity contribution in [1.29, 1.82) is 0 Å². The number of benzene rings is 1. The molecule has 0 heterocycles. The first kappa shape index (κ1) is 11.5. The van der Waals surface area contributed by atoms with Crippen molar-refractivity contribution in [2.75, 3.05) is 25.5 Å². The van der Waals surface area contributed by atoms with Gasteiger partial charge in [-0.05, 0) is 55.3 Å². The quantitative estimate of drug-likeness (QED) is 0.844. The molecule has 1 aliphatic rings. The minimum absolute atomic E-state index is 0.673. The average molecular weight is 218 g/mol. The molecule has 1 unspecified atom stereocenters. The van der Waals surface area contributed by atoms with Gasteiger partial charge in [0.1, 0.15) is 0 Å². The Morgan fingerprint density at radius 2 is 2.19 bits per heavy atom. The zero-order chi connectivity index (χ0) is 11.5. The minimum Gasteiger partial charge on any atom is -0.377 e. The van der Waals surface area contributed by atoms with Crippen LogP contribution in [0.25, 0.3) is 0 Å². The number of fused-ring (bicyclic) bond motifs is 1. The van der Waals surface area contributed by atoms with Gasteiger partial charge in [-0.2, -0.15) is 0 Å². The molecular formula is C14H22N2. The highest BCUT2D eigenvalue weighted by atomic mass is 15.1. The van der Waals surface area contributed by atoms with Crippen LogP contribution in [0.3, 0.4) is 0 Å². The fourth-order valence-electron chi connectivity index (χ4n) is 2.85. The summed E-state index contributed by atoms with van der Waals surface area (Å²) >= 11 is 0. The summed E-state index contributed by atoms with van der Waals surface area (Å²) in [5.41, 5.74) is 10.2. The highest BCUT2D eigenvalue weighted by Crippen LogP contribution is 2.39. The van der Waals surface area contributed by atoms with Crippen LogP contribution in [-0.4, -0.2) is 20.6 Å². The highest BCUT2D eigenvalue weighted by molar-refractivity contribution is 5.58. The Morgan fingerprint density at radius 1 is 1.38 bits per heavy atom. The maximum Gasteiger partial charge on any atom is 0.0399 e. The summed E-state index contributed by atoms with van der Waals surface area (Å²) in [7, 11) is 4.26. The number of nitrogens with zero attached hydrogens (tertiary/aromatic N) is 1. The predicted molar refractivity (Wildman–Crippen MR) is 70.1 cm³/mol. The maximum atomic E-state index is 5.73. The Balaban J connectivity index is 2.42. The second-order valence-electron chi connectivity index (χ2n) is 4.91. The zero-order valence-electron chi connectivity index (χ0n) is 10.4. The molecule has 0 radical (unpaired) electrons. The number of hydrogen-bond donors (Lipinski definition) is 1. The molecule has 0 amide bonds. The summed E-state index contributed by atoms with van der Waals surface area (Å²) in [6.07, 6.45) is 4.97.